The molecule has 1 aliphatic rings. The summed E-state index contributed by atoms with van der Waals surface area (Å²) in [5.41, 5.74) is 0. The number of rotatable bonds is 36. The number of aliphatic hydroxyl groups is 1. The third-order valence-corrected chi connectivity index (χ3v) is 9.65. The van der Waals surface area contributed by atoms with Gasteiger partial charge in [-0.15, -0.1) is 0 Å². The molecule has 0 aromatic carbocycles. The second-order valence-electron chi connectivity index (χ2n) is 14.3. The molecule has 0 saturated heterocycles. The predicted molar refractivity (Wildman–Crippen MR) is 201 cm³/mol. The van der Waals surface area contributed by atoms with Crippen molar-refractivity contribution in [3.8, 4) is 0 Å². The molecule has 1 unspecified atom stereocenters. The maximum atomic E-state index is 12.9. The molecule has 1 fully saturated rings. The molecule has 7 nitrogen and oxygen atoms in total. The van der Waals surface area contributed by atoms with Gasteiger partial charge in [0.15, 0.2) is 0 Å². The highest BCUT2D eigenvalue weighted by Gasteiger charge is 2.28. The third kappa shape index (κ3) is 27.4. The van der Waals surface area contributed by atoms with Crippen molar-refractivity contribution in [1.82, 2.24) is 9.80 Å². The van der Waals surface area contributed by atoms with Gasteiger partial charge in [0.1, 0.15) is 12.7 Å². The Morgan fingerprint density at radius 1 is 0.646 bits per heavy atom. The number of nitrogens with zero attached hydrogens (tertiary/aromatic N) is 2. The summed E-state index contributed by atoms with van der Waals surface area (Å²) < 4.78 is 11.4. The van der Waals surface area contributed by atoms with Gasteiger partial charge in [0, 0.05) is 38.5 Å². The van der Waals surface area contributed by atoms with Gasteiger partial charge in [-0.1, -0.05) is 110 Å². The fraction of sp³-hybridized carbons (Fsp3) is 0.902. The summed E-state index contributed by atoms with van der Waals surface area (Å²) in [6, 6.07) is 0.622. The normalized spacial score (nSPS) is 14.0. The van der Waals surface area contributed by atoms with Crippen molar-refractivity contribution in [3.05, 3.63) is 12.2 Å². The van der Waals surface area contributed by atoms with Crippen molar-refractivity contribution in [2.45, 2.75) is 193 Å². The Labute approximate surface area is 297 Å². The van der Waals surface area contributed by atoms with E-state index in [9.17, 15) is 14.7 Å². The second-order valence-corrected chi connectivity index (χ2v) is 14.3. The molecule has 1 aliphatic carbocycles. The van der Waals surface area contributed by atoms with E-state index in [4.69, 9.17) is 9.47 Å². The molecule has 0 aromatic heterocycles. The molecule has 0 aliphatic heterocycles. The zero-order valence-corrected chi connectivity index (χ0v) is 31.9. The number of hydrogen-bond acceptors (Lipinski definition) is 7. The first kappa shape index (κ1) is 44.6. The third-order valence-electron chi connectivity index (χ3n) is 9.65. The molecule has 282 valence electrons. The van der Waals surface area contributed by atoms with E-state index in [2.05, 4.69) is 36.6 Å². The first-order valence-electron chi connectivity index (χ1n) is 20.6. The second kappa shape index (κ2) is 32.7. The van der Waals surface area contributed by atoms with Crippen LogP contribution in [0.4, 0.5) is 0 Å². The van der Waals surface area contributed by atoms with E-state index in [1.165, 1.54) is 89.9 Å². The largest absolute Gasteiger partial charge is 0.462 e. The molecule has 0 bridgehead atoms. The van der Waals surface area contributed by atoms with Crippen molar-refractivity contribution in [1.29, 1.82) is 0 Å². The first-order valence-corrected chi connectivity index (χ1v) is 20.6. The maximum Gasteiger partial charge on any atom is 0.306 e. The van der Waals surface area contributed by atoms with E-state index in [0.29, 0.717) is 25.5 Å². The van der Waals surface area contributed by atoms with Crippen LogP contribution in [0.2, 0.25) is 0 Å². The van der Waals surface area contributed by atoms with Crippen LogP contribution < -0.4 is 0 Å². The van der Waals surface area contributed by atoms with Crippen LogP contribution in [0, 0.1) is 0 Å². The summed E-state index contributed by atoms with van der Waals surface area (Å²) in [5, 5.41) is 9.55. The van der Waals surface area contributed by atoms with Gasteiger partial charge in [-0.2, -0.15) is 0 Å². The minimum absolute atomic E-state index is 0.0360. The lowest BCUT2D eigenvalue weighted by Crippen LogP contribution is -2.38. The van der Waals surface area contributed by atoms with Gasteiger partial charge in [-0.05, 0) is 83.7 Å². The lowest BCUT2D eigenvalue weighted by atomic mass is 10.0. The van der Waals surface area contributed by atoms with Crippen molar-refractivity contribution in [2.75, 3.05) is 45.9 Å². The summed E-state index contributed by atoms with van der Waals surface area (Å²) in [7, 11) is 0. The number of carbonyl (C=O) groups is 2. The van der Waals surface area contributed by atoms with Crippen LogP contribution in [-0.2, 0) is 19.1 Å². The highest BCUT2D eigenvalue weighted by molar-refractivity contribution is 5.69. The number of aliphatic hydroxyl groups excluding tert-OH is 1. The topological polar surface area (TPSA) is 79.3 Å². The van der Waals surface area contributed by atoms with E-state index in [0.717, 1.165) is 90.5 Å². The zero-order valence-electron chi connectivity index (χ0n) is 31.9. The standard InChI is InChI=1S/C41H78N2O5/c1-4-7-10-13-15-17-23-37-47-40(45)27-21-18-22-31-42(33-34-43(35-36-44)38-29-30-38)32-24-28-41(46)48-39(25-19-12-9-6-3)26-20-16-14-11-8-5-2/h17,23,38-39,44H,4-16,18-22,24-37H2,1-3H3/b23-17-. The van der Waals surface area contributed by atoms with Crippen molar-refractivity contribution >= 4 is 11.9 Å². The number of allylic oxidation sites excluding steroid dienone is 1. The molecular weight excluding hydrogens is 600 g/mol. The molecular formula is C41H78N2O5. The van der Waals surface area contributed by atoms with Gasteiger partial charge in [0.2, 0.25) is 0 Å². The molecule has 1 N–H and O–H groups in total. The van der Waals surface area contributed by atoms with Gasteiger partial charge in [-0.3, -0.25) is 14.5 Å². The Kier molecular flexibility index (Phi) is 30.4. The smallest absolute Gasteiger partial charge is 0.306 e. The number of unbranched alkanes of at least 4 members (excludes halogenated alkanes) is 14. The lowest BCUT2D eigenvalue weighted by molar-refractivity contribution is -0.150. The Bertz CT molecular complexity index is 772. The molecule has 7 heteroatoms. The van der Waals surface area contributed by atoms with E-state index in [1.807, 2.05) is 6.08 Å². The molecule has 1 rings (SSSR count). The summed E-state index contributed by atoms with van der Waals surface area (Å²) >= 11 is 0. The van der Waals surface area contributed by atoms with Crippen LogP contribution in [0.3, 0.4) is 0 Å². The Hall–Kier alpha value is -1.44. The molecule has 1 saturated carbocycles. The molecule has 0 spiro atoms. The lowest BCUT2D eigenvalue weighted by Gasteiger charge is -2.27. The van der Waals surface area contributed by atoms with Gasteiger partial charge in [0.05, 0.1) is 6.61 Å². The van der Waals surface area contributed by atoms with E-state index in [-0.39, 0.29) is 24.6 Å². The predicted octanol–water partition coefficient (Wildman–Crippen LogP) is 9.79. The number of esters is 2. The van der Waals surface area contributed by atoms with E-state index >= 15 is 0 Å². The van der Waals surface area contributed by atoms with Gasteiger partial charge in [0.25, 0.3) is 0 Å². The van der Waals surface area contributed by atoms with Crippen LogP contribution in [-0.4, -0.2) is 84.9 Å². The molecule has 0 heterocycles. The van der Waals surface area contributed by atoms with E-state index < -0.39 is 0 Å². The summed E-state index contributed by atoms with van der Waals surface area (Å²) in [5.74, 6) is -0.142. The van der Waals surface area contributed by atoms with Gasteiger partial charge in [-0.25, -0.2) is 0 Å². The Morgan fingerprint density at radius 2 is 1.23 bits per heavy atom. The quantitative estimate of drug-likeness (QED) is 0.0402. The van der Waals surface area contributed by atoms with Crippen LogP contribution in [0.1, 0.15) is 181 Å². The maximum absolute atomic E-state index is 12.9. The van der Waals surface area contributed by atoms with Crippen LogP contribution >= 0.6 is 0 Å². The fourth-order valence-electron chi connectivity index (χ4n) is 6.43. The Morgan fingerprint density at radius 3 is 1.90 bits per heavy atom. The molecule has 0 radical (unpaired) electrons. The van der Waals surface area contributed by atoms with Gasteiger partial charge >= 0.3 is 11.9 Å². The van der Waals surface area contributed by atoms with Crippen LogP contribution in [0.15, 0.2) is 12.2 Å². The van der Waals surface area contributed by atoms with Crippen molar-refractivity contribution in [2.24, 2.45) is 0 Å². The van der Waals surface area contributed by atoms with Crippen LogP contribution in [0.25, 0.3) is 0 Å². The summed E-state index contributed by atoms with van der Waals surface area (Å²) in [6.45, 7) is 11.8. The summed E-state index contributed by atoms with van der Waals surface area (Å²) in [6.07, 6.45) is 31.8. The monoisotopic (exact) mass is 679 g/mol. The highest BCUT2D eigenvalue weighted by Crippen LogP contribution is 2.26. The number of carbonyl (C=O) groups excluding carboxylic acids is 2. The number of hydrogen-bond donors (Lipinski definition) is 1. The van der Waals surface area contributed by atoms with E-state index in [1.54, 1.807) is 0 Å². The number of ether oxygens (including phenoxy) is 2. The molecule has 0 aromatic rings. The molecule has 48 heavy (non-hydrogen) atoms. The average molecular weight is 679 g/mol. The van der Waals surface area contributed by atoms with Crippen molar-refractivity contribution < 1.29 is 24.2 Å². The van der Waals surface area contributed by atoms with Gasteiger partial charge < -0.3 is 19.5 Å². The van der Waals surface area contributed by atoms with Crippen LogP contribution in [0.5, 0.6) is 0 Å². The minimum atomic E-state index is -0.106. The SMILES string of the molecule is CCCCCC/C=C\COC(=O)CCCCCN(CCCC(=O)OC(CCCCCC)CCCCCCCC)CCN(CCO)C1CC1. The minimum Gasteiger partial charge on any atom is -0.462 e. The fourth-order valence-corrected chi connectivity index (χ4v) is 6.43. The zero-order chi connectivity index (χ0) is 34.9. The highest BCUT2D eigenvalue weighted by atomic mass is 16.5. The molecule has 0 amide bonds. The molecule has 1 atom stereocenters. The first-order chi connectivity index (χ1) is 23.5. The Balaban J connectivity index is 2.44. The average Bonchev–Trinajstić information content (AvgIpc) is 3.93. The summed E-state index contributed by atoms with van der Waals surface area (Å²) in [4.78, 5) is 30.0. The van der Waals surface area contributed by atoms with Crippen molar-refractivity contribution in [3.63, 3.8) is 0 Å².